The average molecular weight is 481 g/mol. The highest BCUT2D eigenvalue weighted by Crippen LogP contribution is 3.02. The molecule has 15 heteroatoms. The van der Waals surface area contributed by atoms with E-state index in [2.05, 4.69) is 15.5 Å². The zero-order valence-corrected chi connectivity index (χ0v) is 17.5. The number of nitrogens with one attached hydrogen (secondary N) is 1. The van der Waals surface area contributed by atoms with E-state index in [4.69, 9.17) is 10.5 Å². The number of carbonyl (C=O) groups is 2. The summed E-state index contributed by atoms with van der Waals surface area (Å²) < 4.78 is 75.0. The predicted octanol–water partition coefficient (Wildman–Crippen LogP) is 3.50. The summed E-state index contributed by atoms with van der Waals surface area (Å²) >= 11 is 0. The maximum absolute atomic E-state index is 13.6. The van der Waals surface area contributed by atoms with Crippen molar-refractivity contribution < 1.29 is 38.4 Å². The van der Waals surface area contributed by atoms with E-state index in [9.17, 15) is 29.0 Å². The van der Waals surface area contributed by atoms with Crippen molar-refractivity contribution in [2.24, 2.45) is 0 Å². The molecule has 0 aliphatic heterocycles. The number of benzene rings is 1. The molecule has 1 amide bonds. The Kier molecular flexibility index (Phi) is 5.08. The Balaban J connectivity index is 2.08. The molecular weight excluding hydrogens is 463 g/mol. The summed E-state index contributed by atoms with van der Waals surface area (Å²) in [6.45, 7) is 2.22. The minimum Gasteiger partial charge on any atom is -0.476 e. The molecule has 0 spiro atoms. The first-order chi connectivity index (χ1) is 14.6. The number of amides is 1. The van der Waals surface area contributed by atoms with Gasteiger partial charge in [-0.2, -0.15) is 0 Å². The van der Waals surface area contributed by atoms with E-state index in [0.717, 1.165) is 16.1 Å². The highest BCUT2D eigenvalue weighted by molar-refractivity contribution is 8.45. The first-order valence-electron chi connectivity index (χ1n) is 8.96. The van der Waals surface area contributed by atoms with Gasteiger partial charge < -0.3 is 15.8 Å². The number of rotatable bonds is 7. The number of ether oxygens (including phenoxy) is 1. The third kappa shape index (κ3) is 4.87. The standard InChI is InChI=1S/C17H17F5N6O3S/c1-3-31-15-6-7-16-27(26-17(23)28(16)25-15)9-13(30)12-8-11(24-10(2)29)4-5-14(12)32(18,19,20,21)22/h4-8H,3,9H2,1-2H3,(H2-,23,24,25,26,29)/p+1. The number of aromatic nitrogens is 4. The van der Waals surface area contributed by atoms with Gasteiger partial charge in [-0.05, 0) is 35.3 Å². The van der Waals surface area contributed by atoms with Crippen molar-refractivity contribution in [1.82, 2.24) is 14.7 Å². The summed E-state index contributed by atoms with van der Waals surface area (Å²) in [6.07, 6.45) is 0. The number of halogens is 5. The van der Waals surface area contributed by atoms with Crippen LogP contribution in [0.15, 0.2) is 35.2 Å². The van der Waals surface area contributed by atoms with Crippen LogP contribution in [0.25, 0.3) is 5.65 Å². The summed E-state index contributed by atoms with van der Waals surface area (Å²) in [5, 5.41) is 10.0. The molecule has 0 atom stereocenters. The second kappa shape index (κ2) is 7.01. The quantitative estimate of drug-likeness (QED) is 0.303. The van der Waals surface area contributed by atoms with Crippen molar-refractivity contribution in [3.8, 4) is 5.88 Å². The molecule has 2 heterocycles. The second-order valence-electron chi connectivity index (χ2n) is 6.67. The van der Waals surface area contributed by atoms with Crippen LogP contribution < -0.4 is 20.5 Å². The van der Waals surface area contributed by atoms with Gasteiger partial charge in [0.1, 0.15) is 4.90 Å². The number of anilines is 2. The lowest BCUT2D eigenvalue weighted by Crippen LogP contribution is -2.41. The molecule has 3 aromatic rings. The first kappa shape index (κ1) is 23.2. The summed E-state index contributed by atoms with van der Waals surface area (Å²) in [5.41, 5.74) is 4.27. The third-order valence-corrected chi connectivity index (χ3v) is 5.28. The molecule has 1 aromatic carbocycles. The molecular formula is C17H18F5N6O3S+. The van der Waals surface area contributed by atoms with Crippen LogP contribution >= 0.6 is 10.2 Å². The molecule has 0 radical (unpaired) electrons. The average Bonchev–Trinajstić information content (AvgIpc) is 2.94. The molecule has 2 aromatic heterocycles. The van der Waals surface area contributed by atoms with Crippen molar-refractivity contribution in [3.05, 3.63) is 35.9 Å². The SMILES string of the molecule is CCOc1ccc2n(n1)c(N)n[n+]2CC(=O)c1cc(NC(C)=O)ccc1S(F)(F)(F)(F)F. The number of Topliss-reactive ketones (excluding diaryl/α,β-unsaturated/α-hetero) is 1. The summed E-state index contributed by atoms with van der Waals surface area (Å²) in [7, 11) is -10.2. The lowest BCUT2D eigenvalue weighted by atomic mass is 10.1. The van der Waals surface area contributed by atoms with Crippen LogP contribution in [-0.2, 0) is 11.3 Å². The van der Waals surface area contributed by atoms with Gasteiger partial charge in [0.15, 0.2) is 6.54 Å². The molecule has 174 valence electrons. The fourth-order valence-corrected chi connectivity index (χ4v) is 3.82. The Hall–Kier alpha value is -3.49. The maximum atomic E-state index is 13.6. The Morgan fingerprint density at radius 1 is 1.19 bits per heavy atom. The number of nitrogens with two attached hydrogens (primary N) is 1. The molecule has 3 N–H and O–H groups in total. The lowest BCUT2D eigenvalue weighted by molar-refractivity contribution is -0.714. The van der Waals surface area contributed by atoms with Crippen LogP contribution in [0.3, 0.4) is 0 Å². The molecule has 3 rings (SSSR count). The predicted molar refractivity (Wildman–Crippen MR) is 105 cm³/mol. The fraction of sp³-hybridized carbons (Fsp3) is 0.235. The highest BCUT2D eigenvalue weighted by atomic mass is 32.5. The van der Waals surface area contributed by atoms with Crippen molar-refractivity contribution in [1.29, 1.82) is 0 Å². The molecule has 9 nitrogen and oxygen atoms in total. The van der Waals surface area contributed by atoms with E-state index >= 15 is 0 Å². The molecule has 0 fully saturated rings. The fourth-order valence-electron chi connectivity index (χ4n) is 2.91. The summed E-state index contributed by atoms with van der Waals surface area (Å²) in [6, 6.07) is 4.07. The van der Waals surface area contributed by atoms with E-state index in [1.54, 1.807) is 6.92 Å². The van der Waals surface area contributed by atoms with Crippen LogP contribution in [0.2, 0.25) is 0 Å². The highest BCUT2D eigenvalue weighted by Gasteiger charge is 2.67. The van der Waals surface area contributed by atoms with Crippen LogP contribution in [-0.4, -0.2) is 33.0 Å². The van der Waals surface area contributed by atoms with Gasteiger partial charge in [-0.1, -0.05) is 23.9 Å². The van der Waals surface area contributed by atoms with Gasteiger partial charge >= 0.3 is 21.8 Å². The van der Waals surface area contributed by atoms with E-state index in [1.165, 1.54) is 12.1 Å². The topological polar surface area (TPSA) is 115 Å². The number of fused-ring (bicyclic) bond motifs is 1. The van der Waals surface area contributed by atoms with Crippen molar-refractivity contribution in [2.45, 2.75) is 25.3 Å². The lowest BCUT2D eigenvalue weighted by Gasteiger charge is -2.41. The Labute approximate surface area is 177 Å². The zero-order valence-electron chi connectivity index (χ0n) is 16.7. The third-order valence-electron chi connectivity index (χ3n) is 4.10. The Morgan fingerprint density at radius 2 is 1.88 bits per heavy atom. The molecule has 0 aliphatic rings. The zero-order chi connectivity index (χ0) is 24.0. The minimum atomic E-state index is -10.2. The number of nitrogen functional groups attached to an aromatic ring is 1. The summed E-state index contributed by atoms with van der Waals surface area (Å²) in [5.74, 6) is -2.04. The number of hydrogen-bond donors (Lipinski definition) is 2. The van der Waals surface area contributed by atoms with Crippen LogP contribution in [0, 0.1) is 0 Å². The van der Waals surface area contributed by atoms with E-state index < -0.39 is 38.9 Å². The van der Waals surface area contributed by atoms with Gasteiger partial charge in [0.25, 0.3) is 5.88 Å². The van der Waals surface area contributed by atoms with Gasteiger partial charge in [0, 0.05) is 30.3 Å². The largest absolute Gasteiger partial charge is 0.476 e. The van der Waals surface area contributed by atoms with Crippen molar-refractivity contribution in [2.75, 3.05) is 17.7 Å². The second-order valence-corrected chi connectivity index (χ2v) is 9.05. The van der Waals surface area contributed by atoms with E-state index in [-0.39, 0.29) is 29.2 Å². The van der Waals surface area contributed by atoms with Crippen LogP contribution in [0.5, 0.6) is 5.88 Å². The molecule has 0 saturated carbocycles. The molecule has 0 bridgehead atoms. The smallest absolute Gasteiger partial charge is 0.355 e. The molecule has 0 unspecified atom stereocenters. The van der Waals surface area contributed by atoms with Gasteiger partial charge in [0.2, 0.25) is 11.7 Å². The molecule has 32 heavy (non-hydrogen) atoms. The number of carbonyl (C=O) groups excluding carboxylic acids is 2. The van der Waals surface area contributed by atoms with Gasteiger partial charge in [-0.3, -0.25) is 9.59 Å². The monoisotopic (exact) mass is 481 g/mol. The summed E-state index contributed by atoms with van der Waals surface area (Å²) in [4.78, 5) is 21.6. The van der Waals surface area contributed by atoms with Gasteiger partial charge in [-0.15, -0.1) is 4.68 Å². The molecule has 0 aliphatic carbocycles. The van der Waals surface area contributed by atoms with E-state index in [1.807, 2.05) is 0 Å². The first-order valence-corrected chi connectivity index (χ1v) is 10.9. The van der Waals surface area contributed by atoms with E-state index in [0.29, 0.717) is 18.7 Å². The Bertz CT molecular complexity index is 1250. The normalized spacial score (nSPS) is 14.0. The van der Waals surface area contributed by atoms with Gasteiger partial charge in [-0.25, -0.2) is 0 Å². The number of ketones is 1. The molecule has 0 saturated heterocycles. The minimum absolute atomic E-state index is 0.0697. The maximum Gasteiger partial charge on any atom is 0.355 e. The van der Waals surface area contributed by atoms with Crippen LogP contribution in [0.1, 0.15) is 24.2 Å². The van der Waals surface area contributed by atoms with Crippen LogP contribution in [0.4, 0.5) is 31.1 Å². The van der Waals surface area contributed by atoms with Crippen molar-refractivity contribution in [3.63, 3.8) is 0 Å². The number of hydrogen-bond acceptors (Lipinski definition) is 6. The van der Waals surface area contributed by atoms with Crippen molar-refractivity contribution >= 4 is 39.2 Å². The number of nitrogens with zero attached hydrogens (tertiary/aromatic N) is 4. The Morgan fingerprint density at radius 3 is 2.47 bits per heavy atom. The van der Waals surface area contributed by atoms with Gasteiger partial charge in [0.05, 0.1) is 6.61 Å².